The van der Waals surface area contributed by atoms with E-state index in [0.717, 1.165) is 5.69 Å². The Morgan fingerprint density at radius 3 is 2.25 bits per heavy atom. The monoisotopic (exact) mass is 270 g/mol. The number of carbonyl (C=O) groups excluding carboxylic acids is 1. The van der Waals surface area contributed by atoms with Gasteiger partial charge in [-0.25, -0.2) is 14.7 Å². The van der Waals surface area contributed by atoms with Crippen LogP contribution in [0, 0.1) is 0 Å². The van der Waals surface area contributed by atoms with Crippen LogP contribution in [0.4, 0.5) is 16.3 Å². The van der Waals surface area contributed by atoms with E-state index < -0.39 is 11.7 Å². The van der Waals surface area contributed by atoms with Gasteiger partial charge >= 0.3 is 6.09 Å². The van der Waals surface area contributed by atoms with E-state index in [2.05, 4.69) is 4.98 Å². The molecule has 4 heteroatoms. The molecular formula is C16H18N2O2. The Hall–Kier alpha value is -2.36. The minimum absolute atomic E-state index is 0.442. The number of hydrogen-bond acceptors (Lipinski definition) is 3. The number of amides is 1. The Morgan fingerprint density at radius 2 is 1.70 bits per heavy atom. The zero-order valence-corrected chi connectivity index (χ0v) is 11.9. The molecule has 20 heavy (non-hydrogen) atoms. The molecule has 0 bridgehead atoms. The van der Waals surface area contributed by atoms with Crippen molar-refractivity contribution in [2.24, 2.45) is 0 Å². The summed E-state index contributed by atoms with van der Waals surface area (Å²) in [4.78, 5) is 18.1. The lowest BCUT2D eigenvalue weighted by atomic mass is 10.2. The highest BCUT2D eigenvalue weighted by Crippen LogP contribution is 2.25. The third kappa shape index (κ3) is 3.57. The zero-order valence-electron chi connectivity index (χ0n) is 11.9. The van der Waals surface area contributed by atoms with Crippen molar-refractivity contribution in [3.8, 4) is 0 Å². The summed E-state index contributed by atoms with van der Waals surface area (Å²) in [5.74, 6) is 0.535. The van der Waals surface area contributed by atoms with Gasteiger partial charge in [-0.2, -0.15) is 0 Å². The standard InChI is InChI=1S/C16H18N2O2/c1-16(2,3)20-15(19)18(13-9-5-4-6-10-13)14-11-7-8-12-17-14/h4-12H,1-3H3. The van der Waals surface area contributed by atoms with Crippen molar-refractivity contribution < 1.29 is 9.53 Å². The largest absolute Gasteiger partial charge is 0.443 e. The van der Waals surface area contributed by atoms with Crippen molar-refractivity contribution >= 4 is 17.6 Å². The fourth-order valence-electron chi connectivity index (χ4n) is 1.70. The van der Waals surface area contributed by atoms with Crippen LogP contribution in [0.3, 0.4) is 0 Å². The second-order valence-corrected chi connectivity index (χ2v) is 5.34. The van der Waals surface area contributed by atoms with Crippen molar-refractivity contribution in [1.29, 1.82) is 0 Å². The first kappa shape index (κ1) is 14.1. The molecule has 1 amide bonds. The van der Waals surface area contributed by atoms with Gasteiger partial charge in [-0.3, -0.25) is 0 Å². The molecule has 0 aliphatic carbocycles. The van der Waals surface area contributed by atoms with E-state index in [1.54, 1.807) is 12.3 Å². The van der Waals surface area contributed by atoms with Gasteiger partial charge in [-0.05, 0) is 45.0 Å². The first-order chi connectivity index (χ1) is 9.47. The third-order valence-electron chi connectivity index (χ3n) is 2.47. The molecule has 0 saturated carbocycles. The molecule has 0 atom stereocenters. The summed E-state index contributed by atoms with van der Waals surface area (Å²) >= 11 is 0. The van der Waals surface area contributed by atoms with Crippen molar-refractivity contribution in [3.63, 3.8) is 0 Å². The number of carbonyl (C=O) groups is 1. The minimum atomic E-state index is -0.557. The second kappa shape index (κ2) is 5.74. The number of aromatic nitrogens is 1. The molecule has 0 spiro atoms. The molecule has 104 valence electrons. The van der Waals surface area contributed by atoms with E-state index in [1.807, 2.05) is 63.2 Å². The van der Waals surface area contributed by atoms with Crippen molar-refractivity contribution in [1.82, 2.24) is 4.98 Å². The van der Waals surface area contributed by atoms with E-state index in [1.165, 1.54) is 4.90 Å². The Kier molecular flexibility index (Phi) is 4.03. The first-order valence-electron chi connectivity index (χ1n) is 6.46. The minimum Gasteiger partial charge on any atom is -0.443 e. The second-order valence-electron chi connectivity index (χ2n) is 5.34. The number of benzene rings is 1. The van der Waals surface area contributed by atoms with Gasteiger partial charge in [-0.1, -0.05) is 24.3 Å². The van der Waals surface area contributed by atoms with Crippen LogP contribution < -0.4 is 4.90 Å². The van der Waals surface area contributed by atoms with Crippen LogP contribution >= 0.6 is 0 Å². The molecule has 0 aliphatic heterocycles. The number of para-hydroxylation sites is 1. The van der Waals surface area contributed by atoms with E-state index in [4.69, 9.17) is 4.74 Å². The molecule has 2 aromatic rings. The van der Waals surface area contributed by atoms with Crippen LogP contribution in [0.1, 0.15) is 20.8 Å². The molecule has 0 radical (unpaired) electrons. The normalized spacial score (nSPS) is 10.9. The molecule has 0 saturated heterocycles. The summed E-state index contributed by atoms with van der Waals surface area (Å²) < 4.78 is 5.46. The maximum atomic E-state index is 12.4. The van der Waals surface area contributed by atoms with Gasteiger partial charge in [0.05, 0.1) is 5.69 Å². The van der Waals surface area contributed by atoms with Crippen LogP contribution in [0.25, 0.3) is 0 Å². The van der Waals surface area contributed by atoms with Gasteiger partial charge in [0.2, 0.25) is 0 Å². The van der Waals surface area contributed by atoms with Crippen LogP contribution in [0.2, 0.25) is 0 Å². The summed E-state index contributed by atoms with van der Waals surface area (Å²) in [6, 6.07) is 14.7. The highest BCUT2D eigenvalue weighted by Gasteiger charge is 2.25. The Balaban J connectivity index is 2.38. The lowest BCUT2D eigenvalue weighted by Gasteiger charge is -2.26. The van der Waals surface area contributed by atoms with Gasteiger partial charge in [-0.15, -0.1) is 0 Å². The highest BCUT2D eigenvalue weighted by atomic mass is 16.6. The Morgan fingerprint density at radius 1 is 1.05 bits per heavy atom. The van der Waals surface area contributed by atoms with Crippen LogP contribution in [0.5, 0.6) is 0 Å². The van der Waals surface area contributed by atoms with Crippen molar-refractivity contribution in [2.45, 2.75) is 26.4 Å². The van der Waals surface area contributed by atoms with E-state index in [-0.39, 0.29) is 0 Å². The molecule has 1 heterocycles. The molecule has 1 aromatic heterocycles. The quantitative estimate of drug-likeness (QED) is 0.823. The lowest BCUT2D eigenvalue weighted by molar-refractivity contribution is 0.0598. The Labute approximate surface area is 119 Å². The number of hydrogen-bond donors (Lipinski definition) is 0. The summed E-state index contributed by atoms with van der Waals surface area (Å²) in [5, 5.41) is 0. The zero-order chi connectivity index (χ0) is 14.6. The van der Waals surface area contributed by atoms with Crippen LogP contribution in [0.15, 0.2) is 54.7 Å². The molecule has 0 unspecified atom stereocenters. The predicted octanol–water partition coefficient (Wildman–Crippen LogP) is 4.15. The van der Waals surface area contributed by atoms with E-state index in [9.17, 15) is 4.79 Å². The number of anilines is 2. The molecule has 4 nitrogen and oxygen atoms in total. The third-order valence-corrected chi connectivity index (χ3v) is 2.47. The van der Waals surface area contributed by atoms with Gasteiger partial charge < -0.3 is 4.74 Å². The van der Waals surface area contributed by atoms with E-state index in [0.29, 0.717) is 5.82 Å². The van der Waals surface area contributed by atoms with Crippen molar-refractivity contribution in [2.75, 3.05) is 4.90 Å². The molecular weight excluding hydrogens is 252 g/mol. The Bertz CT molecular complexity index is 523. The lowest BCUT2D eigenvalue weighted by Crippen LogP contribution is -2.34. The molecule has 0 N–H and O–H groups in total. The molecule has 2 rings (SSSR count). The fourth-order valence-corrected chi connectivity index (χ4v) is 1.70. The predicted molar refractivity (Wildman–Crippen MR) is 79.1 cm³/mol. The maximum Gasteiger partial charge on any atom is 0.420 e. The van der Waals surface area contributed by atoms with Crippen molar-refractivity contribution in [3.05, 3.63) is 54.7 Å². The number of pyridine rings is 1. The summed E-state index contributed by atoms with van der Waals surface area (Å²) in [7, 11) is 0. The maximum absolute atomic E-state index is 12.4. The fraction of sp³-hybridized carbons (Fsp3) is 0.250. The van der Waals surface area contributed by atoms with Crippen LogP contribution in [-0.2, 0) is 4.74 Å². The number of ether oxygens (including phenoxy) is 1. The molecule has 1 aromatic carbocycles. The van der Waals surface area contributed by atoms with E-state index >= 15 is 0 Å². The number of rotatable bonds is 2. The van der Waals surface area contributed by atoms with Gasteiger partial charge in [0.15, 0.2) is 0 Å². The molecule has 0 fully saturated rings. The number of nitrogens with zero attached hydrogens (tertiary/aromatic N) is 2. The van der Waals surface area contributed by atoms with Gasteiger partial charge in [0, 0.05) is 6.20 Å². The van der Waals surface area contributed by atoms with Crippen LogP contribution in [-0.4, -0.2) is 16.7 Å². The highest BCUT2D eigenvalue weighted by molar-refractivity contribution is 5.95. The van der Waals surface area contributed by atoms with Gasteiger partial charge in [0.25, 0.3) is 0 Å². The average Bonchev–Trinajstić information content (AvgIpc) is 2.39. The summed E-state index contributed by atoms with van der Waals surface area (Å²) in [6.45, 7) is 5.52. The smallest absolute Gasteiger partial charge is 0.420 e. The first-order valence-corrected chi connectivity index (χ1v) is 6.46. The topological polar surface area (TPSA) is 42.4 Å². The van der Waals surface area contributed by atoms with Gasteiger partial charge in [0.1, 0.15) is 11.4 Å². The molecule has 0 aliphatic rings. The SMILES string of the molecule is CC(C)(C)OC(=O)N(c1ccccc1)c1ccccn1. The summed E-state index contributed by atoms with van der Waals surface area (Å²) in [5.41, 5.74) is 0.166. The average molecular weight is 270 g/mol. The summed E-state index contributed by atoms with van der Waals surface area (Å²) in [6.07, 6.45) is 1.21.